The summed E-state index contributed by atoms with van der Waals surface area (Å²) in [5.41, 5.74) is 0. The van der Waals surface area contributed by atoms with Crippen LogP contribution in [0.15, 0.2) is 48.5 Å². The average Bonchev–Trinajstić information content (AvgIpc) is 2.92. The predicted octanol–water partition coefficient (Wildman–Crippen LogP) is 5.76. The summed E-state index contributed by atoms with van der Waals surface area (Å²) in [6.07, 6.45) is 11.8. The highest BCUT2D eigenvalue weighted by Crippen LogP contribution is 2.14. The number of rotatable bonds is 0. The van der Waals surface area contributed by atoms with Gasteiger partial charge in [0, 0.05) is 39.6 Å². The monoisotopic (exact) mass is 478 g/mol. The fraction of sp³-hybridized carbons (Fsp3) is 0.556. The fourth-order valence-corrected chi connectivity index (χ4v) is 2.97. The van der Waals surface area contributed by atoms with Gasteiger partial charge in [-0.1, -0.05) is 0 Å². The molecule has 3 fully saturated rings. The van der Waals surface area contributed by atoms with Crippen molar-refractivity contribution in [1.82, 2.24) is 0 Å². The second kappa shape index (κ2) is 21.1. The van der Waals surface area contributed by atoms with Crippen molar-refractivity contribution < 1.29 is 34.6 Å². The first kappa shape index (κ1) is 29.6. The maximum Gasteiger partial charge on any atom is 0.115 e. The van der Waals surface area contributed by atoms with Crippen LogP contribution in [0.2, 0.25) is 0 Å². The molecule has 34 heavy (non-hydrogen) atoms. The zero-order chi connectivity index (χ0) is 24.7. The Balaban J connectivity index is 0.000000214. The van der Waals surface area contributed by atoms with Crippen LogP contribution < -0.4 is 0 Å². The summed E-state index contributed by atoms with van der Waals surface area (Å²) in [6.45, 7) is 6.00. The van der Waals surface area contributed by atoms with Gasteiger partial charge in [-0.25, -0.2) is 0 Å². The number of hydrogen-bond donors (Lipinski definition) is 4. The van der Waals surface area contributed by atoms with Crippen LogP contribution in [0.3, 0.4) is 0 Å². The maximum absolute atomic E-state index is 8.65. The number of hydrogen-bond acceptors (Lipinski definition) is 7. The minimum atomic E-state index is 0.169. The van der Waals surface area contributed by atoms with Crippen molar-refractivity contribution in [3.05, 3.63) is 48.5 Å². The second-order valence-corrected chi connectivity index (χ2v) is 8.05. The van der Waals surface area contributed by atoms with Gasteiger partial charge in [0.2, 0.25) is 0 Å². The lowest BCUT2D eigenvalue weighted by Crippen LogP contribution is -2.03. The largest absolute Gasteiger partial charge is 0.508 e. The molecule has 7 nitrogen and oxygen atoms in total. The summed E-state index contributed by atoms with van der Waals surface area (Å²) in [7, 11) is 0. The van der Waals surface area contributed by atoms with Gasteiger partial charge in [-0.3, -0.25) is 0 Å². The first-order chi connectivity index (χ1) is 16.6. The van der Waals surface area contributed by atoms with E-state index < -0.39 is 0 Å². The van der Waals surface area contributed by atoms with E-state index in [-0.39, 0.29) is 23.0 Å². The molecule has 0 unspecified atom stereocenters. The van der Waals surface area contributed by atoms with Gasteiger partial charge in [-0.05, 0) is 106 Å². The molecular formula is C27H42O7. The highest BCUT2D eigenvalue weighted by molar-refractivity contribution is 5.29. The zero-order valence-corrected chi connectivity index (χ0v) is 20.2. The summed E-state index contributed by atoms with van der Waals surface area (Å²) < 4.78 is 15.2. The molecule has 3 saturated heterocycles. The molecule has 0 bridgehead atoms. The average molecular weight is 479 g/mol. The van der Waals surface area contributed by atoms with Crippen molar-refractivity contribution in [3.8, 4) is 23.0 Å². The third-order valence-corrected chi connectivity index (χ3v) is 4.93. The summed E-state index contributed by atoms with van der Waals surface area (Å²) in [6, 6.07) is 11.4. The van der Waals surface area contributed by atoms with Crippen LogP contribution in [0.5, 0.6) is 23.0 Å². The number of ether oxygens (including phenoxy) is 3. The lowest BCUT2D eigenvalue weighted by molar-refractivity contribution is 0.0967. The normalized spacial score (nSPS) is 16.9. The number of benzene rings is 2. The van der Waals surface area contributed by atoms with Gasteiger partial charge in [-0.2, -0.15) is 0 Å². The zero-order valence-electron chi connectivity index (χ0n) is 20.2. The van der Waals surface area contributed by atoms with E-state index >= 15 is 0 Å². The Morgan fingerprint density at radius 1 is 0.324 bits per heavy atom. The predicted molar refractivity (Wildman–Crippen MR) is 134 cm³/mol. The van der Waals surface area contributed by atoms with E-state index in [0.29, 0.717) is 0 Å². The van der Waals surface area contributed by atoms with E-state index in [9.17, 15) is 0 Å². The van der Waals surface area contributed by atoms with Gasteiger partial charge in [0.1, 0.15) is 23.0 Å². The molecule has 3 heterocycles. The highest BCUT2D eigenvalue weighted by atomic mass is 16.5. The van der Waals surface area contributed by atoms with Crippen molar-refractivity contribution >= 4 is 0 Å². The molecule has 0 spiro atoms. The third-order valence-electron chi connectivity index (χ3n) is 4.93. The van der Waals surface area contributed by atoms with E-state index in [4.69, 9.17) is 34.6 Å². The van der Waals surface area contributed by atoms with E-state index in [1.807, 2.05) is 0 Å². The Hall–Kier alpha value is -2.48. The Kier molecular flexibility index (Phi) is 18.3. The standard InChI is InChI=1S/2C6H6O2.3C5H10O/c2*7-5-1-2-6(8)4-3-5;3*1-2-4-6-5-3-1/h2*1-4,7-8H;3*1-5H2. The molecule has 4 N–H and O–H groups in total. The fourth-order valence-electron chi connectivity index (χ4n) is 2.97. The van der Waals surface area contributed by atoms with E-state index in [1.54, 1.807) is 0 Å². The first-order valence-corrected chi connectivity index (χ1v) is 12.3. The van der Waals surface area contributed by atoms with E-state index in [1.165, 1.54) is 106 Å². The Morgan fingerprint density at radius 2 is 0.500 bits per heavy atom. The molecule has 2 aromatic rings. The van der Waals surface area contributed by atoms with Gasteiger partial charge in [0.25, 0.3) is 0 Å². The topological polar surface area (TPSA) is 109 Å². The SMILES string of the molecule is C1CCOCC1.C1CCOCC1.C1CCOCC1.Oc1ccc(O)cc1.Oc1ccc(O)cc1. The van der Waals surface area contributed by atoms with Gasteiger partial charge in [0.15, 0.2) is 0 Å². The van der Waals surface area contributed by atoms with Crippen LogP contribution in [0.4, 0.5) is 0 Å². The molecule has 0 aliphatic carbocycles. The number of phenolic OH excluding ortho intramolecular Hbond substituents is 4. The minimum Gasteiger partial charge on any atom is -0.508 e. The van der Waals surface area contributed by atoms with Gasteiger partial charge in [0.05, 0.1) is 0 Å². The van der Waals surface area contributed by atoms with Crippen molar-refractivity contribution in [2.45, 2.75) is 57.8 Å². The van der Waals surface area contributed by atoms with Crippen LogP contribution in [-0.4, -0.2) is 60.1 Å². The molecule has 0 saturated carbocycles. The van der Waals surface area contributed by atoms with Gasteiger partial charge >= 0.3 is 0 Å². The minimum absolute atomic E-state index is 0.169. The van der Waals surface area contributed by atoms with Crippen LogP contribution in [0.25, 0.3) is 0 Å². The van der Waals surface area contributed by atoms with E-state index in [2.05, 4.69) is 0 Å². The van der Waals surface area contributed by atoms with Gasteiger partial charge < -0.3 is 34.6 Å². The first-order valence-electron chi connectivity index (χ1n) is 12.3. The second-order valence-electron chi connectivity index (χ2n) is 8.05. The molecule has 0 atom stereocenters. The molecule has 192 valence electrons. The summed E-state index contributed by atoms with van der Waals surface area (Å²) in [4.78, 5) is 0. The molecule has 2 aromatic carbocycles. The molecule has 0 amide bonds. The highest BCUT2D eigenvalue weighted by Gasteiger charge is 1.96. The van der Waals surface area contributed by atoms with Gasteiger partial charge in [-0.15, -0.1) is 0 Å². The molecule has 3 aliphatic heterocycles. The molecule has 7 heteroatoms. The van der Waals surface area contributed by atoms with Crippen molar-refractivity contribution in [2.24, 2.45) is 0 Å². The van der Waals surface area contributed by atoms with Crippen molar-refractivity contribution in [3.63, 3.8) is 0 Å². The van der Waals surface area contributed by atoms with Crippen molar-refractivity contribution in [2.75, 3.05) is 39.6 Å². The van der Waals surface area contributed by atoms with Crippen LogP contribution in [-0.2, 0) is 14.2 Å². The summed E-state index contributed by atoms with van der Waals surface area (Å²) in [5, 5.41) is 34.6. The Bertz CT molecular complexity index is 529. The van der Waals surface area contributed by atoms with Crippen LogP contribution in [0.1, 0.15) is 57.8 Å². The molecular weight excluding hydrogens is 436 g/mol. The molecule has 0 radical (unpaired) electrons. The summed E-state index contributed by atoms with van der Waals surface area (Å²) in [5.74, 6) is 0.677. The smallest absolute Gasteiger partial charge is 0.115 e. The van der Waals surface area contributed by atoms with Crippen molar-refractivity contribution in [1.29, 1.82) is 0 Å². The molecule has 3 aliphatic rings. The van der Waals surface area contributed by atoms with Crippen LogP contribution in [0, 0.1) is 0 Å². The number of phenols is 4. The number of aromatic hydroxyl groups is 4. The maximum atomic E-state index is 8.65. The lowest BCUT2D eigenvalue weighted by Gasteiger charge is -2.08. The van der Waals surface area contributed by atoms with Crippen LogP contribution >= 0.6 is 0 Å². The third kappa shape index (κ3) is 19.0. The molecule has 0 aromatic heterocycles. The Labute approximate surface area is 203 Å². The Morgan fingerprint density at radius 3 is 0.588 bits per heavy atom. The van der Waals surface area contributed by atoms with E-state index in [0.717, 1.165) is 39.6 Å². The summed E-state index contributed by atoms with van der Waals surface area (Å²) >= 11 is 0. The molecule has 5 rings (SSSR count). The quantitative estimate of drug-likeness (QED) is 0.357. The lowest BCUT2D eigenvalue weighted by atomic mass is 10.2.